The van der Waals surface area contributed by atoms with Crippen molar-refractivity contribution in [2.75, 3.05) is 22.4 Å². The van der Waals surface area contributed by atoms with Gasteiger partial charge in [-0.2, -0.15) is 0 Å². The number of rotatable bonds is 5. The number of benzene rings is 2. The van der Waals surface area contributed by atoms with Gasteiger partial charge in [-0.05, 0) is 24.3 Å². The SMILES string of the molecule is CS(=O)(=O)N(CC(=O)Nc1c(F)cccc1F)c1cc(Cl)c(Cl)cc1Cl. The summed E-state index contributed by atoms with van der Waals surface area (Å²) in [6.45, 7) is -0.787. The van der Waals surface area contributed by atoms with Gasteiger partial charge in [0.25, 0.3) is 0 Å². The van der Waals surface area contributed by atoms with E-state index < -0.39 is 39.8 Å². The average Bonchev–Trinajstić information content (AvgIpc) is 2.51. The van der Waals surface area contributed by atoms with Crippen molar-refractivity contribution >= 4 is 62.1 Å². The molecular formula is C15H11Cl3F2N2O3S. The molecule has 0 bridgehead atoms. The quantitative estimate of drug-likeness (QED) is 0.700. The smallest absolute Gasteiger partial charge is 0.245 e. The molecule has 0 fully saturated rings. The number of amides is 1. The Kier molecular flexibility index (Phi) is 6.33. The van der Waals surface area contributed by atoms with Gasteiger partial charge in [-0.3, -0.25) is 9.10 Å². The number of para-hydroxylation sites is 1. The van der Waals surface area contributed by atoms with Gasteiger partial charge in [0.05, 0.1) is 27.0 Å². The van der Waals surface area contributed by atoms with Gasteiger partial charge in [0.1, 0.15) is 23.9 Å². The minimum Gasteiger partial charge on any atom is -0.320 e. The number of halogens is 5. The number of nitrogens with zero attached hydrogens (tertiary/aromatic N) is 1. The molecule has 2 aromatic rings. The Morgan fingerprint density at radius 2 is 1.62 bits per heavy atom. The molecule has 0 aliphatic carbocycles. The fourth-order valence-corrected chi connectivity index (χ4v) is 3.56. The van der Waals surface area contributed by atoms with Gasteiger partial charge >= 0.3 is 0 Å². The number of sulfonamides is 1. The van der Waals surface area contributed by atoms with Crippen LogP contribution in [-0.4, -0.2) is 27.1 Å². The third-order valence-electron chi connectivity index (χ3n) is 3.17. The van der Waals surface area contributed by atoms with E-state index >= 15 is 0 Å². The van der Waals surface area contributed by atoms with Crippen molar-refractivity contribution < 1.29 is 22.0 Å². The van der Waals surface area contributed by atoms with Gasteiger partial charge in [0, 0.05) is 0 Å². The van der Waals surface area contributed by atoms with Crippen molar-refractivity contribution in [2.45, 2.75) is 0 Å². The lowest BCUT2D eigenvalue weighted by molar-refractivity contribution is -0.114. The van der Waals surface area contributed by atoms with Crippen molar-refractivity contribution in [1.82, 2.24) is 0 Å². The van der Waals surface area contributed by atoms with E-state index in [1.54, 1.807) is 0 Å². The van der Waals surface area contributed by atoms with Crippen LogP contribution >= 0.6 is 34.8 Å². The first-order chi connectivity index (χ1) is 12.0. The van der Waals surface area contributed by atoms with Gasteiger partial charge in [0.15, 0.2) is 0 Å². The van der Waals surface area contributed by atoms with E-state index in [0.29, 0.717) is 4.31 Å². The second-order valence-corrected chi connectivity index (χ2v) is 8.26. The number of hydrogen-bond acceptors (Lipinski definition) is 3. The lowest BCUT2D eigenvalue weighted by Crippen LogP contribution is -2.37. The zero-order valence-corrected chi connectivity index (χ0v) is 16.1. The van der Waals surface area contributed by atoms with Crippen molar-refractivity contribution in [3.8, 4) is 0 Å². The number of carbonyl (C=O) groups is 1. The van der Waals surface area contributed by atoms with E-state index in [4.69, 9.17) is 34.8 Å². The summed E-state index contributed by atoms with van der Waals surface area (Å²) in [4.78, 5) is 12.2. The summed E-state index contributed by atoms with van der Waals surface area (Å²) in [7, 11) is -3.98. The molecule has 140 valence electrons. The Morgan fingerprint density at radius 1 is 1.08 bits per heavy atom. The van der Waals surface area contributed by atoms with Crippen LogP contribution in [0.3, 0.4) is 0 Å². The maximum atomic E-state index is 13.6. The first kappa shape index (κ1) is 20.7. The second-order valence-electron chi connectivity index (χ2n) is 5.13. The van der Waals surface area contributed by atoms with Gasteiger partial charge in [-0.25, -0.2) is 17.2 Å². The molecule has 0 saturated heterocycles. The Hall–Kier alpha value is -1.61. The third-order valence-corrected chi connectivity index (χ3v) is 5.32. The summed E-state index contributed by atoms with van der Waals surface area (Å²) in [5.74, 6) is -2.99. The third kappa shape index (κ3) is 4.76. The highest BCUT2D eigenvalue weighted by atomic mass is 35.5. The highest BCUT2D eigenvalue weighted by Gasteiger charge is 2.25. The summed E-state index contributed by atoms with van der Waals surface area (Å²) in [6, 6.07) is 5.40. The van der Waals surface area contributed by atoms with Crippen LogP contribution in [0.1, 0.15) is 0 Å². The lowest BCUT2D eigenvalue weighted by Gasteiger charge is -2.23. The van der Waals surface area contributed by atoms with Crippen LogP contribution in [0.25, 0.3) is 0 Å². The zero-order chi connectivity index (χ0) is 19.6. The monoisotopic (exact) mass is 442 g/mol. The summed E-state index contributed by atoms with van der Waals surface area (Å²) >= 11 is 17.7. The van der Waals surface area contributed by atoms with E-state index in [1.807, 2.05) is 5.32 Å². The molecule has 0 saturated carbocycles. The Bertz CT molecular complexity index is 951. The molecule has 2 rings (SSSR count). The molecule has 1 amide bonds. The minimum atomic E-state index is -3.98. The summed E-state index contributed by atoms with van der Waals surface area (Å²) in [6.07, 6.45) is 0.836. The molecule has 0 unspecified atom stereocenters. The van der Waals surface area contributed by atoms with Gasteiger partial charge in [-0.1, -0.05) is 40.9 Å². The van der Waals surface area contributed by atoms with Crippen LogP contribution in [0.2, 0.25) is 15.1 Å². The molecule has 0 atom stereocenters. The fourth-order valence-electron chi connectivity index (χ4n) is 2.01. The van der Waals surface area contributed by atoms with E-state index in [0.717, 1.165) is 24.5 Å². The molecule has 2 aromatic carbocycles. The van der Waals surface area contributed by atoms with Crippen LogP contribution < -0.4 is 9.62 Å². The first-order valence-electron chi connectivity index (χ1n) is 6.87. The van der Waals surface area contributed by atoms with Gasteiger partial charge in [-0.15, -0.1) is 0 Å². The van der Waals surface area contributed by atoms with E-state index in [1.165, 1.54) is 12.1 Å². The lowest BCUT2D eigenvalue weighted by atomic mass is 10.3. The van der Waals surface area contributed by atoms with Crippen molar-refractivity contribution in [3.63, 3.8) is 0 Å². The minimum absolute atomic E-state index is 0.0141. The largest absolute Gasteiger partial charge is 0.320 e. The van der Waals surface area contributed by atoms with Gasteiger partial charge < -0.3 is 5.32 Å². The number of hydrogen-bond donors (Lipinski definition) is 1. The Labute approximate surface area is 163 Å². The fraction of sp³-hybridized carbons (Fsp3) is 0.133. The van der Waals surface area contributed by atoms with E-state index in [9.17, 15) is 22.0 Å². The van der Waals surface area contributed by atoms with Crippen molar-refractivity contribution in [3.05, 3.63) is 57.0 Å². The number of nitrogens with one attached hydrogen (secondary N) is 1. The summed E-state index contributed by atoms with van der Waals surface area (Å²) < 4.78 is 52.0. The first-order valence-corrected chi connectivity index (χ1v) is 9.85. The maximum absolute atomic E-state index is 13.6. The van der Waals surface area contributed by atoms with Crippen molar-refractivity contribution in [1.29, 1.82) is 0 Å². The summed E-state index contributed by atoms with van der Waals surface area (Å²) in [5.41, 5.74) is -0.793. The normalized spacial score (nSPS) is 11.3. The maximum Gasteiger partial charge on any atom is 0.245 e. The molecule has 5 nitrogen and oxygen atoms in total. The average molecular weight is 444 g/mol. The van der Waals surface area contributed by atoms with Crippen LogP contribution in [-0.2, 0) is 14.8 Å². The highest BCUT2D eigenvalue weighted by molar-refractivity contribution is 7.92. The molecule has 0 aliphatic rings. The molecular weight excluding hydrogens is 433 g/mol. The van der Waals surface area contributed by atoms with Crippen LogP contribution in [0, 0.1) is 11.6 Å². The predicted molar refractivity (Wildman–Crippen MR) is 98.6 cm³/mol. The molecule has 11 heteroatoms. The molecule has 0 heterocycles. The Morgan fingerprint density at radius 3 is 2.15 bits per heavy atom. The van der Waals surface area contributed by atoms with Crippen LogP contribution in [0.15, 0.2) is 30.3 Å². The highest BCUT2D eigenvalue weighted by Crippen LogP contribution is 2.35. The summed E-state index contributed by atoms with van der Waals surface area (Å²) in [5, 5.41) is 2.03. The number of carbonyl (C=O) groups excluding carboxylic acids is 1. The topological polar surface area (TPSA) is 66.5 Å². The second kappa shape index (κ2) is 7.96. The molecule has 0 spiro atoms. The van der Waals surface area contributed by atoms with Crippen LogP contribution in [0.4, 0.5) is 20.2 Å². The number of anilines is 2. The Balaban J connectivity index is 2.36. The molecule has 0 radical (unpaired) electrons. The zero-order valence-electron chi connectivity index (χ0n) is 13.1. The standard InChI is InChI=1S/C15H11Cl3F2N2O3S/c1-26(24,25)22(13-6-9(17)8(16)5-10(13)18)7-14(23)21-15-11(19)3-2-4-12(15)20/h2-6H,7H2,1H3,(H,21,23). The van der Waals surface area contributed by atoms with E-state index in [-0.39, 0.29) is 20.8 Å². The molecule has 1 N–H and O–H groups in total. The molecule has 0 aliphatic heterocycles. The van der Waals surface area contributed by atoms with E-state index in [2.05, 4.69) is 0 Å². The molecule has 26 heavy (non-hydrogen) atoms. The van der Waals surface area contributed by atoms with Gasteiger partial charge in [0.2, 0.25) is 15.9 Å². The van der Waals surface area contributed by atoms with Crippen LogP contribution in [0.5, 0.6) is 0 Å². The predicted octanol–water partition coefficient (Wildman–Crippen LogP) is 4.33. The molecule has 0 aromatic heterocycles. The van der Waals surface area contributed by atoms with Crippen molar-refractivity contribution in [2.24, 2.45) is 0 Å².